The Balaban J connectivity index is 2.64. The number of amides is 1. The zero-order chi connectivity index (χ0) is 16.0. The third kappa shape index (κ3) is 5.75. The van der Waals surface area contributed by atoms with Gasteiger partial charge in [-0.15, -0.1) is 11.3 Å². The third-order valence-corrected chi connectivity index (χ3v) is 3.58. The highest BCUT2D eigenvalue weighted by Crippen LogP contribution is 2.24. The number of thiophene rings is 1. The van der Waals surface area contributed by atoms with E-state index in [1.54, 1.807) is 16.3 Å². The second-order valence-corrected chi connectivity index (χ2v) is 6.71. The standard InChI is InChI=1S/C15H23NO4S/c1-10(2)7-16(8-11(3)4)13(17)9-20-12-5-6-21-14(12)15(18)19/h5-6,10-11H,7-9H2,1-4H3,(H,18,19). The Morgan fingerprint density at radius 2 is 1.81 bits per heavy atom. The van der Waals surface area contributed by atoms with E-state index >= 15 is 0 Å². The van der Waals surface area contributed by atoms with Crippen molar-refractivity contribution in [3.8, 4) is 5.75 Å². The molecule has 0 saturated heterocycles. The minimum Gasteiger partial charge on any atom is -0.482 e. The maximum absolute atomic E-state index is 12.2. The predicted molar refractivity (Wildman–Crippen MR) is 83.0 cm³/mol. The van der Waals surface area contributed by atoms with Crippen molar-refractivity contribution in [2.45, 2.75) is 27.7 Å². The van der Waals surface area contributed by atoms with Crippen molar-refractivity contribution < 1.29 is 19.4 Å². The summed E-state index contributed by atoms with van der Waals surface area (Å²) in [6.45, 7) is 9.46. The summed E-state index contributed by atoms with van der Waals surface area (Å²) in [5.74, 6) is -0.129. The minimum absolute atomic E-state index is 0.111. The number of carbonyl (C=O) groups is 2. The number of carbonyl (C=O) groups excluding carboxylic acids is 1. The molecule has 0 fully saturated rings. The van der Waals surface area contributed by atoms with Crippen LogP contribution in [0, 0.1) is 11.8 Å². The molecule has 0 aliphatic heterocycles. The number of hydrogen-bond donors (Lipinski definition) is 1. The molecule has 5 nitrogen and oxygen atoms in total. The van der Waals surface area contributed by atoms with E-state index in [0.717, 1.165) is 11.3 Å². The molecule has 6 heteroatoms. The van der Waals surface area contributed by atoms with E-state index in [4.69, 9.17) is 9.84 Å². The van der Waals surface area contributed by atoms with Crippen LogP contribution in [0.2, 0.25) is 0 Å². The van der Waals surface area contributed by atoms with Gasteiger partial charge in [-0.3, -0.25) is 4.79 Å². The highest BCUT2D eigenvalue weighted by molar-refractivity contribution is 7.12. The van der Waals surface area contributed by atoms with Gasteiger partial charge in [-0.25, -0.2) is 4.79 Å². The number of aromatic carboxylic acids is 1. The monoisotopic (exact) mass is 313 g/mol. The normalized spacial score (nSPS) is 11.0. The van der Waals surface area contributed by atoms with Crippen molar-refractivity contribution in [1.82, 2.24) is 4.90 Å². The fraction of sp³-hybridized carbons (Fsp3) is 0.600. The molecule has 0 atom stereocenters. The zero-order valence-corrected chi connectivity index (χ0v) is 13.8. The van der Waals surface area contributed by atoms with E-state index in [1.165, 1.54) is 0 Å². The molecule has 1 rings (SSSR count). The van der Waals surface area contributed by atoms with Gasteiger partial charge in [0.1, 0.15) is 5.75 Å². The summed E-state index contributed by atoms with van der Waals surface area (Å²) in [6, 6.07) is 1.58. The summed E-state index contributed by atoms with van der Waals surface area (Å²) < 4.78 is 5.38. The van der Waals surface area contributed by atoms with Gasteiger partial charge in [0.25, 0.3) is 5.91 Å². The van der Waals surface area contributed by atoms with Crippen molar-refractivity contribution in [3.63, 3.8) is 0 Å². The molecule has 1 amide bonds. The van der Waals surface area contributed by atoms with Crippen LogP contribution in [-0.4, -0.2) is 41.6 Å². The molecule has 1 aromatic heterocycles. The lowest BCUT2D eigenvalue weighted by atomic mass is 10.1. The molecule has 0 aliphatic carbocycles. The summed E-state index contributed by atoms with van der Waals surface area (Å²) >= 11 is 1.09. The molecule has 0 bridgehead atoms. The fourth-order valence-corrected chi connectivity index (χ4v) is 2.63. The molecule has 0 radical (unpaired) electrons. The quantitative estimate of drug-likeness (QED) is 0.801. The van der Waals surface area contributed by atoms with E-state index in [0.29, 0.717) is 24.9 Å². The second-order valence-electron chi connectivity index (χ2n) is 5.79. The Bertz CT molecular complexity index is 472. The van der Waals surface area contributed by atoms with E-state index in [1.807, 2.05) is 0 Å². The van der Waals surface area contributed by atoms with Crippen molar-refractivity contribution in [1.29, 1.82) is 0 Å². The summed E-state index contributed by atoms with van der Waals surface area (Å²) in [4.78, 5) is 25.1. The summed E-state index contributed by atoms with van der Waals surface area (Å²) in [7, 11) is 0. The molecule has 0 aliphatic rings. The number of hydrogen-bond acceptors (Lipinski definition) is 4. The van der Waals surface area contributed by atoms with E-state index < -0.39 is 5.97 Å². The lowest BCUT2D eigenvalue weighted by molar-refractivity contribution is -0.134. The molecule has 0 saturated carbocycles. The molecule has 0 unspecified atom stereocenters. The molecule has 118 valence electrons. The van der Waals surface area contributed by atoms with Gasteiger partial charge >= 0.3 is 5.97 Å². The number of carboxylic acid groups (broad SMARTS) is 1. The molecule has 1 N–H and O–H groups in total. The van der Waals surface area contributed by atoms with Crippen molar-refractivity contribution in [2.24, 2.45) is 11.8 Å². The lowest BCUT2D eigenvalue weighted by Crippen LogP contribution is -2.39. The summed E-state index contributed by atoms with van der Waals surface area (Å²) in [5, 5.41) is 10.6. The van der Waals surface area contributed by atoms with Crippen LogP contribution in [0.15, 0.2) is 11.4 Å². The lowest BCUT2D eigenvalue weighted by Gasteiger charge is -2.26. The number of ether oxygens (including phenoxy) is 1. The highest BCUT2D eigenvalue weighted by atomic mass is 32.1. The largest absolute Gasteiger partial charge is 0.482 e. The van der Waals surface area contributed by atoms with Gasteiger partial charge < -0.3 is 14.7 Å². The van der Waals surface area contributed by atoms with Crippen LogP contribution in [0.1, 0.15) is 37.4 Å². The average molecular weight is 313 g/mol. The van der Waals surface area contributed by atoms with Gasteiger partial charge in [0, 0.05) is 13.1 Å². The third-order valence-electron chi connectivity index (χ3n) is 2.70. The first kappa shape index (κ1) is 17.5. The van der Waals surface area contributed by atoms with Crippen LogP contribution >= 0.6 is 11.3 Å². The van der Waals surface area contributed by atoms with Gasteiger partial charge in [-0.1, -0.05) is 27.7 Å². The minimum atomic E-state index is -1.03. The Morgan fingerprint density at radius 3 is 2.29 bits per heavy atom. The maximum atomic E-state index is 12.2. The number of carboxylic acids is 1. The Kier molecular flexibility index (Phi) is 6.68. The molecular weight excluding hydrogens is 290 g/mol. The van der Waals surface area contributed by atoms with E-state index in [9.17, 15) is 9.59 Å². The Morgan fingerprint density at radius 1 is 1.24 bits per heavy atom. The number of rotatable bonds is 8. The Hall–Kier alpha value is -1.56. The molecule has 21 heavy (non-hydrogen) atoms. The predicted octanol–water partition coefficient (Wildman–Crippen LogP) is 2.97. The van der Waals surface area contributed by atoms with Gasteiger partial charge in [-0.05, 0) is 23.3 Å². The maximum Gasteiger partial charge on any atom is 0.349 e. The smallest absolute Gasteiger partial charge is 0.349 e. The van der Waals surface area contributed by atoms with Crippen LogP contribution in [-0.2, 0) is 4.79 Å². The fourth-order valence-electron chi connectivity index (χ4n) is 1.96. The average Bonchev–Trinajstić information content (AvgIpc) is 2.82. The highest BCUT2D eigenvalue weighted by Gasteiger charge is 2.19. The molecule has 1 aromatic rings. The molecule has 0 aromatic carbocycles. The van der Waals surface area contributed by atoms with Crippen molar-refractivity contribution in [3.05, 3.63) is 16.3 Å². The van der Waals surface area contributed by atoms with Gasteiger partial charge in [0.15, 0.2) is 11.5 Å². The first-order chi connectivity index (χ1) is 9.81. The van der Waals surface area contributed by atoms with Crippen LogP contribution < -0.4 is 4.74 Å². The van der Waals surface area contributed by atoms with Crippen LogP contribution in [0.4, 0.5) is 0 Å². The van der Waals surface area contributed by atoms with Crippen LogP contribution in [0.25, 0.3) is 0 Å². The Labute approximate surface area is 129 Å². The molecule has 1 heterocycles. The molecule has 0 spiro atoms. The van der Waals surface area contributed by atoms with Crippen molar-refractivity contribution >= 4 is 23.2 Å². The zero-order valence-electron chi connectivity index (χ0n) is 13.0. The van der Waals surface area contributed by atoms with Gasteiger partial charge in [-0.2, -0.15) is 0 Å². The second kappa shape index (κ2) is 8.02. The van der Waals surface area contributed by atoms with Crippen LogP contribution in [0.5, 0.6) is 5.75 Å². The SMILES string of the molecule is CC(C)CN(CC(C)C)C(=O)COc1ccsc1C(=O)O. The van der Waals surface area contributed by atoms with Gasteiger partial charge in [0.2, 0.25) is 0 Å². The van der Waals surface area contributed by atoms with Gasteiger partial charge in [0.05, 0.1) is 0 Å². The summed E-state index contributed by atoms with van der Waals surface area (Å²) in [6.07, 6.45) is 0. The van der Waals surface area contributed by atoms with Crippen LogP contribution in [0.3, 0.4) is 0 Å². The molecular formula is C15H23NO4S. The first-order valence-electron chi connectivity index (χ1n) is 7.02. The van der Waals surface area contributed by atoms with Crippen molar-refractivity contribution in [2.75, 3.05) is 19.7 Å². The first-order valence-corrected chi connectivity index (χ1v) is 7.90. The van der Waals surface area contributed by atoms with E-state index in [2.05, 4.69) is 27.7 Å². The summed E-state index contributed by atoms with van der Waals surface area (Å²) in [5.41, 5.74) is 0. The number of nitrogens with zero attached hydrogens (tertiary/aromatic N) is 1. The topological polar surface area (TPSA) is 66.8 Å². The van der Waals surface area contributed by atoms with E-state index in [-0.39, 0.29) is 23.1 Å².